The number of benzene rings is 2. The number of nitrogens with one attached hydrogen (secondary N) is 1. The fourth-order valence-corrected chi connectivity index (χ4v) is 7.60. The summed E-state index contributed by atoms with van der Waals surface area (Å²) in [5, 5.41) is 3.19. The van der Waals surface area contributed by atoms with Crippen LogP contribution in [0.5, 0.6) is 0 Å². The summed E-state index contributed by atoms with van der Waals surface area (Å²) in [7, 11) is -8.24. The van der Waals surface area contributed by atoms with Crippen molar-refractivity contribution in [1.82, 2.24) is 23.2 Å². The fourth-order valence-electron chi connectivity index (χ4n) is 4.89. The number of rotatable bonds is 10. The summed E-state index contributed by atoms with van der Waals surface area (Å²) < 4.78 is 85.9. The molecular weight excluding hydrogens is 621 g/mol. The zero-order valence-corrected chi connectivity index (χ0v) is 25.1. The first kappa shape index (κ1) is 30.1. The minimum atomic E-state index is -4.12. The van der Waals surface area contributed by atoms with Crippen LogP contribution in [-0.2, 0) is 33.1 Å². The Morgan fingerprint density at radius 2 is 1.02 bits per heavy atom. The molecule has 13 heteroatoms. The van der Waals surface area contributed by atoms with Crippen molar-refractivity contribution < 1.29 is 25.6 Å². The second kappa shape index (κ2) is 12.2. The maximum atomic E-state index is 14.8. The van der Waals surface area contributed by atoms with Crippen molar-refractivity contribution in [3.8, 4) is 22.5 Å². The van der Waals surface area contributed by atoms with Gasteiger partial charge in [-0.25, -0.2) is 33.6 Å². The average Bonchev–Trinajstić information content (AvgIpc) is 3.68. The highest BCUT2D eigenvalue weighted by molar-refractivity contribution is 7.90. The Labute approximate surface area is 258 Å². The SMILES string of the molecule is O=S(=O)(c1cccnc1)n1cc(CNCc2cc(-c3ccccc3F)n(S(=O)(=O)c3cccnc3)c2)cc1-c1ccccc1F. The van der Waals surface area contributed by atoms with E-state index in [-0.39, 0.29) is 45.4 Å². The van der Waals surface area contributed by atoms with Crippen molar-refractivity contribution in [2.75, 3.05) is 0 Å². The second-order valence-corrected chi connectivity index (χ2v) is 13.6. The summed E-state index contributed by atoms with van der Waals surface area (Å²) in [5.41, 5.74) is 1.51. The van der Waals surface area contributed by atoms with Gasteiger partial charge in [-0.2, -0.15) is 0 Å². The molecule has 4 heterocycles. The number of hydrogen-bond acceptors (Lipinski definition) is 7. The highest BCUT2D eigenvalue weighted by Gasteiger charge is 2.25. The molecular formula is C32H25F2N5O4S2. The summed E-state index contributed by atoms with van der Waals surface area (Å²) in [5.74, 6) is -1.18. The molecule has 0 bridgehead atoms. The lowest BCUT2D eigenvalue weighted by Crippen LogP contribution is -2.15. The minimum Gasteiger partial charge on any atom is -0.309 e. The maximum Gasteiger partial charge on any atom is 0.269 e. The number of halogens is 2. The molecule has 9 nitrogen and oxygen atoms in total. The van der Waals surface area contributed by atoms with Gasteiger partial charge in [-0.3, -0.25) is 9.97 Å². The minimum absolute atomic E-state index is 0.0606. The third-order valence-electron chi connectivity index (χ3n) is 7.03. The van der Waals surface area contributed by atoms with Gasteiger partial charge in [-0.15, -0.1) is 0 Å². The monoisotopic (exact) mass is 645 g/mol. The van der Waals surface area contributed by atoms with E-state index < -0.39 is 31.7 Å². The molecule has 6 aromatic rings. The first-order valence-electron chi connectivity index (χ1n) is 13.6. The molecule has 1 N–H and O–H groups in total. The van der Waals surface area contributed by atoms with Gasteiger partial charge in [-0.1, -0.05) is 24.3 Å². The van der Waals surface area contributed by atoms with Crippen LogP contribution in [0.2, 0.25) is 0 Å². The molecule has 0 aliphatic heterocycles. The van der Waals surface area contributed by atoms with Crippen molar-refractivity contribution in [2.24, 2.45) is 0 Å². The van der Waals surface area contributed by atoms with Gasteiger partial charge in [-0.05, 0) is 71.8 Å². The fraction of sp³-hybridized carbons (Fsp3) is 0.0625. The van der Waals surface area contributed by atoms with Crippen LogP contribution >= 0.6 is 0 Å². The Balaban J connectivity index is 1.33. The van der Waals surface area contributed by atoms with E-state index in [0.29, 0.717) is 11.1 Å². The average molecular weight is 646 g/mol. The van der Waals surface area contributed by atoms with Crippen LogP contribution in [0.15, 0.2) is 132 Å². The Morgan fingerprint density at radius 3 is 1.40 bits per heavy atom. The summed E-state index contributed by atoms with van der Waals surface area (Å²) in [6.07, 6.45) is 8.15. The van der Waals surface area contributed by atoms with Crippen molar-refractivity contribution in [3.63, 3.8) is 0 Å². The zero-order valence-electron chi connectivity index (χ0n) is 23.5. The Kier molecular flexibility index (Phi) is 8.14. The van der Waals surface area contributed by atoms with Crippen LogP contribution in [0.3, 0.4) is 0 Å². The van der Waals surface area contributed by atoms with Crippen molar-refractivity contribution >= 4 is 20.0 Å². The van der Waals surface area contributed by atoms with Crippen LogP contribution in [0.25, 0.3) is 22.5 Å². The summed E-state index contributed by atoms with van der Waals surface area (Å²) in [4.78, 5) is 7.70. The molecule has 0 amide bonds. The molecule has 6 rings (SSSR count). The van der Waals surface area contributed by atoms with E-state index in [1.165, 1.54) is 97.8 Å². The van der Waals surface area contributed by atoms with E-state index in [0.717, 1.165) is 7.94 Å². The first-order chi connectivity index (χ1) is 21.7. The van der Waals surface area contributed by atoms with Crippen molar-refractivity contribution in [2.45, 2.75) is 22.9 Å². The van der Waals surface area contributed by atoms with E-state index in [4.69, 9.17) is 0 Å². The molecule has 0 spiro atoms. The number of aromatic nitrogens is 4. The van der Waals surface area contributed by atoms with Gasteiger partial charge in [0, 0.05) is 61.4 Å². The lowest BCUT2D eigenvalue weighted by atomic mass is 10.1. The molecule has 45 heavy (non-hydrogen) atoms. The Morgan fingerprint density at radius 1 is 0.600 bits per heavy atom. The summed E-state index contributed by atoms with van der Waals surface area (Å²) in [6.45, 7) is 0.291. The van der Waals surface area contributed by atoms with E-state index in [1.807, 2.05) is 0 Å². The van der Waals surface area contributed by atoms with E-state index in [1.54, 1.807) is 24.3 Å². The molecule has 0 saturated carbocycles. The van der Waals surface area contributed by atoms with E-state index >= 15 is 0 Å². The van der Waals surface area contributed by atoms with Gasteiger partial charge in [0.1, 0.15) is 21.4 Å². The van der Waals surface area contributed by atoms with Crippen molar-refractivity contribution in [1.29, 1.82) is 0 Å². The van der Waals surface area contributed by atoms with Crippen LogP contribution < -0.4 is 5.32 Å². The molecule has 0 unspecified atom stereocenters. The summed E-state index contributed by atoms with van der Waals surface area (Å²) >= 11 is 0. The zero-order chi connectivity index (χ0) is 31.6. The van der Waals surface area contributed by atoms with Gasteiger partial charge < -0.3 is 5.32 Å². The normalized spacial score (nSPS) is 12.0. The highest BCUT2D eigenvalue weighted by Crippen LogP contribution is 2.31. The van der Waals surface area contributed by atoms with Crippen LogP contribution in [0.4, 0.5) is 8.78 Å². The van der Waals surface area contributed by atoms with Gasteiger partial charge in [0.2, 0.25) is 0 Å². The summed E-state index contributed by atoms with van der Waals surface area (Å²) in [6, 6.07) is 20.7. The molecule has 2 aromatic carbocycles. The largest absolute Gasteiger partial charge is 0.309 e. The lowest BCUT2D eigenvalue weighted by molar-refractivity contribution is 0.585. The third-order valence-corrected chi connectivity index (χ3v) is 10.3. The Hall–Kier alpha value is -4.98. The quantitative estimate of drug-likeness (QED) is 0.211. The predicted molar refractivity (Wildman–Crippen MR) is 164 cm³/mol. The maximum absolute atomic E-state index is 14.8. The van der Waals surface area contributed by atoms with Crippen molar-refractivity contribution in [3.05, 3.63) is 145 Å². The molecule has 0 saturated heterocycles. The molecule has 228 valence electrons. The lowest BCUT2D eigenvalue weighted by Gasteiger charge is -2.11. The van der Waals surface area contributed by atoms with Gasteiger partial charge in [0.05, 0.1) is 11.4 Å². The number of hydrogen-bond donors (Lipinski definition) is 1. The molecule has 0 radical (unpaired) electrons. The van der Waals surface area contributed by atoms with E-state index in [2.05, 4.69) is 15.3 Å². The first-order valence-corrected chi connectivity index (χ1v) is 16.5. The van der Waals surface area contributed by atoms with Crippen LogP contribution in [-0.4, -0.2) is 34.7 Å². The molecule has 0 fully saturated rings. The van der Waals surface area contributed by atoms with E-state index in [9.17, 15) is 25.6 Å². The van der Waals surface area contributed by atoms with Crippen LogP contribution in [0.1, 0.15) is 11.1 Å². The standard InChI is InChI=1S/C32H25F2N5O4S2/c33-29-11-3-1-9-27(29)31-15-23(21-38(31)44(40,41)25-7-5-13-35-19-25)17-37-18-24-16-32(28-10-2-4-12-30(28)34)39(22-24)45(42,43)26-8-6-14-36-20-26/h1-16,19-22,37H,17-18H2. The van der Waals surface area contributed by atoms with Gasteiger partial charge >= 0.3 is 0 Å². The topological polar surface area (TPSA) is 116 Å². The number of pyridine rings is 2. The highest BCUT2D eigenvalue weighted by atomic mass is 32.2. The molecule has 0 aliphatic rings. The molecule has 4 aromatic heterocycles. The molecule has 0 aliphatic carbocycles. The predicted octanol–water partition coefficient (Wildman–Crippen LogP) is 5.46. The van der Waals surface area contributed by atoms with Gasteiger partial charge in [0.25, 0.3) is 20.0 Å². The number of nitrogens with zero attached hydrogens (tertiary/aromatic N) is 4. The second-order valence-electron chi connectivity index (χ2n) is 10.0. The van der Waals surface area contributed by atoms with Gasteiger partial charge in [0.15, 0.2) is 0 Å². The van der Waals surface area contributed by atoms with Crippen LogP contribution in [0, 0.1) is 11.6 Å². The molecule has 0 atom stereocenters. The Bertz CT molecular complexity index is 2050. The third kappa shape index (κ3) is 5.92. The smallest absolute Gasteiger partial charge is 0.269 e.